The molecule has 0 amide bonds. The van der Waals surface area contributed by atoms with Gasteiger partial charge in [0.1, 0.15) is 0 Å². The Morgan fingerprint density at radius 1 is 0.810 bits per heavy atom. The molecule has 0 fully saturated rings. The third-order valence-electron chi connectivity index (χ3n) is 2.65. The second-order valence-corrected chi connectivity index (χ2v) is 6.22. The summed E-state index contributed by atoms with van der Waals surface area (Å²) in [5.74, 6) is 0.871. The third kappa shape index (κ3) is 14.2. The first-order valence-corrected chi connectivity index (χ1v) is 9.35. The molecule has 7 heteroatoms. The number of unbranched alkanes of at least 4 members (excludes halogenated alkanes) is 1. The number of rotatable bonds is 16. The average Bonchev–Trinajstić information content (AvgIpc) is 2.51. The van der Waals surface area contributed by atoms with Gasteiger partial charge in [-0.25, -0.2) is 0 Å². The lowest BCUT2D eigenvalue weighted by molar-refractivity contribution is -0.0135. The maximum Gasteiger partial charge on any atom is 0.0847 e. The number of halogens is 3. The largest absolute Gasteiger partial charge is 0.379 e. The molecule has 0 aliphatic carbocycles. The van der Waals surface area contributed by atoms with Crippen molar-refractivity contribution in [1.82, 2.24) is 0 Å². The van der Waals surface area contributed by atoms with Gasteiger partial charge in [0.25, 0.3) is 0 Å². The van der Waals surface area contributed by atoms with Crippen LogP contribution >= 0.6 is 39.1 Å². The van der Waals surface area contributed by atoms with Gasteiger partial charge in [-0.1, -0.05) is 29.3 Å². The van der Waals surface area contributed by atoms with E-state index in [0.717, 1.165) is 19.4 Å². The van der Waals surface area contributed by atoms with E-state index in [1.165, 1.54) is 0 Å². The van der Waals surface area contributed by atoms with Crippen LogP contribution in [0.1, 0.15) is 19.8 Å². The molecule has 0 bridgehead atoms. The quantitative estimate of drug-likeness (QED) is 0.289. The highest BCUT2D eigenvalue weighted by Gasteiger charge is 2.17. The Balaban J connectivity index is 3.21. The number of ether oxygens (including phenoxy) is 4. The topological polar surface area (TPSA) is 36.9 Å². The van der Waals surface area contributed by atoms with Crippen LogP contribution < -0.4 is 0 Å². The zero-order valence-electron chi connectivity index (χ0n) is 12.7. The van der Waals surface area contributed by atoms with E-state index in [9.17, 15) is 0 Å². The van der Waals surface area contributed by atoms with Gasteiger partial charge in [-0.05, 0) is 6.42 Å². The second-order valence-electron chi connectivity index (χ2n) is 4.42. The Morgan fingerprint density at radius 3 is 1.81 bits per heavy atom. The summed E-state index contributed by atoms with van der Waals surface area (Å²) in [6.07, 6.45) is 2.16. The van der Waals surface area contributed by atoms with E-state index in [1.807, 2.05) is 0 Å². The van der Waals surface area contributed by atoms with E-state index in [0.29, 0.717) is 51.4 Å². The average molecular weight is 410 g/mol. The van der Waals surface area contributed by atoms with E-state index in [1.54, 1.807) is 0 Å². The smallest absolute Gasteiger partial charge is 0.0847 e. The van der Waals surface area contributed by atoms with E-state index in [-0.39, 0.29) is 10.9 Å². The minimum absolute atomic E-state index is 0.0627. The molecular formula is C14H27BrCl2O4. The van der Waals surface area contributed by atoms with Gasteiger partial charge in [-0.2, -0.15) is 0 Å². The molecule has 0 aromatic carbocycles. The SMILES string of the molecule is CCCCOCCOCCOCCOC(CCl)C(Br)CCl. The van der Waals surface area contributed by atoms with E-state index >= 15 is 0 Å². The van der Waals surface area contributed by atoms with Gasteiger partial charge in [-0.15, -0.1) is 23.2 Å². The summed E-state index contributed by atoms with van der Waals surface area (Å²) in [5, 5.41) is 0. The highest BCUT2D eigenvalue weighted by Crippen LogP contribution is 2.12. The Hall–Kier alpha value is 0.900. The molecule has 0 aromatic rings. The molecule has 0 N–H and O–H groups in total. The molecule has 0 aromatic heterocycles. The number of hydrogen-bond donors (Lipinski definition) is 0. The molecule has 0 saturated carbocycles. The minimum atomic E-state index is -0.0933. The van der Waals surface area contributed by atoms with E-state index in [2.05, 4.69) is 22.9 Å². The predicted molar refractivity (Wildman–Crippen MR) is 91.3 cm³/mol. The Kier molecular flexibility index (Phi) is 18.0. The van der Waals surface area contributed by atoms with Crippen LogP contribution in [-0.2, 0) is 18.9 Å². The van der Waals surface area contributed by atoms with Crippen LogP contribution in [-0.4, -0.2) is 68.9 Å². The second kappa shape index (κ2) is 17.3. The van der Waals surface area contributed by atoms with Crippen molar-refractivity contribution in [2.45, 2.75) is 30.7 Å². The van der Waals surface area contributed by atoms with Crippen molar-refractivity contribution >= 4 is 39.1 Å². The summed E-state index contributed by atoms with van der Waals surface area (Å²) in [6, 6.07) is 0. The van der Waals surface area contributed by atoms with Crippen molar-refractivity contribution in [2.75, 3.05) is 58.0 Å². The van der Waals surface area contributed by atoms with Crippen molar-refractivity contribution in [3.63, 3.8) is 0 Å². The summed E-state index contributed by atoms with van der Waals surface area (Å²) in [7, 11) is 0. The van der Waals surface area contributed by atoms with Crippen molar-refractivity contribution < 1.29 is 18.9 Å². The van der Waals surface area contributed by atoms with Crippen molar-refractivity contribution in [3.05, 3.63) is 0 Å². The van der Waals surface area contributed by atoms with Crippen LogP contribution in [0.2, 0.25) is 0 Å². The fourth-order valence-corrected chi connectivity index (χ4v) is 2.45. The summed E-state index contributed by atoms with van der Waals surface area (Å²) in [5.41, 5.74) is 0. The number of hydrogen-bond acceptors (Lipinski definition) is 4. The highest BCUT2D eigenvalue weighted by molar-refractivity contribution is 9.09. The molecule has 0 spiro atoms. The Morgan fingerprint density at radius 2 is 1.33 bits per heavy atom. The lowest BCUT2D eigenvalue weighted by atomic mass is 10.3. The predicted octanol–water partition coefficient (Wildman–Crippen LogP) is 3.46. The van der Waals surface area contributed by atoms with Gasteiger partial charge in [-0.3, -0.25) is 0 Å². The van der Waals surface area contributed by atoms with Crippen molar-refractivity contribution in [1.29, 1.82) is 0 Å². The summed E-state index contributed by atoms with van der Waals surface area (Å²) in [6.45, 7) is 6.35. The summed E-state index contributed by atoms with van der Waals surface area (Å²) >= 11 is 15.0. The molecule has 0 aliphatic heterocycles. The van der Waals surface area contributed by atoms with Crippen LogP contribution in [0.5, 0.6) is 0 Å². The van der Waals surface area contributed by atoms with Crippen LogP contribution in [0.4, 0.5) is 0 Å². The molecule has 0 saturated heterocycles. The maximum atomic E-state index is 5.80. The van der Waals surface area contributed by atoms with Gasteiger partial charge < -0.3 is 18.9 Å². The van der Waals surface area contributed by atoms with Gasteiger partial charge in [0.05, 0.1) is 50.6 Å². The highest BCUT2D eigenvalue weighted by atomic mass is 79.9. The molecule has 2 unspecified atom stereocenters. The van der Waals surface area contributed by atoms with Crippen LogP contribution in [0, 0.1) is 0 Å². The molecule has 21 heavy (non-hydrogen) atoms. The number of alkyl halides is 3. The lowest BCUT2D eigenvalue weighted by Gasteiger charge is -2.18. The minimum Gasteiger partial charge on any atom is -0.379 e. The molecule has 128 valence electrons. The monoisotopic (exact) mass is 408 g/mol. The molecule has 0 radical (unpaired) electrons. The zero-order chi connectivity index (χ0) is 15.8. The maximum absolute atomic E-state index is 5.80. The first kappa shape index (κ1) is 21.9. The molecular weight excluding hydrogens is 383 g/mol. The van der Waals surface area contributed by atoms with Crippen LogP contribution in [0.15, 0.2) is 0 Å². The fourth-order valence-electron chi connectivity index (χ4n) is 1.39. The molecule has 0 aliphatic rings. The first-order chi connectivity index (χ1) is 10.3. The fraction of sp³-hybridized carbons (Fsp3) is 1.00. The van der Waals surface area contributed by atoms with Crippen molar-refractivity contribution in [2.24, 2.45) is 0 Å². The Labute approximate surface area is 146 Å². The third-order valence-corrected chi connectivity index (χ3v) is 4.57. The first-order valence-electron chi connectivity index (χ1n) is 7.37. The molecule has 4 nitrogen and oxygen atoms in total. The zero-order valence-corrected chi connectivity index (χ0v) is 15.8. The standard InChI is InChI=1S/C14H27BrCl2O4/c1-2-3-4-18-5-6-19-7-8-20-9-10-21-14(12-17)13(15)11-16/h13-14H,2-12H2,1H3. The lowest BCUT2D eigenvalue weighted by Crippen LogP contribution is -2.29. The summed E-state index contributed by atoms with van der Waals surface area (Å²) < 4.78 is 21.7. The molecule has 2 atom stereocenters. The van der Waals surface area contributed by atoms with E-state index in [4.69, 9.17) is 42.1 Å². The molecule has 0 heterocycles. The van der Waals surface area contributed by atoms with Gasteiger partial charge in [0.15, 0.2) is 0 Å². The van der Waals surface area contributed by atoms with Crippen molar-refractivity contribution in [3.8, 4) is 0 Å². The van der Waals surface area contributed by atoms with Crippen LogP contribution in [0.3, 0.4) is 0 Å². The molecule has 0 rings (SSSR count). The summed E-state index contributed by atoms with van der Waals surface area (Å²) in [4.78, 5) is 0.0627. The van der Waals surface area contributed by atoms with E-state index < -0.39 is 0 Å². The van der Waals surface area contributed by atoms with Gasteiger partial charge in [0.2, 0.25) is 0 Å². The van der Waals surface area contributed by atoms with Crippen LogP contribution in [0.25, 0.3) is 0 Å². The normalized spacial score (nSPS) is 14.3. The van der Waals surface area contributed by atoms with Gasteiger partial charge >= 0.3 is 0 Å². The van der Waals surface area contributed by atoms with Gasteiger partial charge in [0, 0.05) is 18.4 Å². The Bertz CT molecular complexity index is 213.